The first-order valence-electron chi connectivity index (χ1n) is 12.0. The second kappa shape index (κ2) is 11.6. The molecule has 4 rings (SSSR count). The molecule has 1 aliphatic carbocycles. The Kier molecular flexibility index (Phi) is 8.28. The molecule has 0 N–H and O–H groups in total. The monoisotopic (exact) mass is 498 g/mol. The van der Waals surface area contributed by atoms with Crippen molar-refractivity contribution in [2.75, 3.05) is 0 Å². The van der Waals surface area contributed by atoms with E-state index in [2.05, 4.69) is 16.5 Å². The molecule has 0 saturated heterocycles. The minimum absolute atomic E-state index is 0.223. The number of rotatable bonds is 8. The van der Waals surface area contributed by atoms with Crippen molar-refractivity contribution in [3.05, 3.63) is 101 Å². The van der Waals surface area contributed by atoms with Crippen LogP contribution >= 0.6 is 0 Å². The second-order valence-corrected chi connectivity index (χ2v) is 9.15. The lowest BCUT2D eigenvalue weighted by Crippen LogP contribution is -2.12. The summed E-state index contributed by atoms with van der Waals surface area (Å²) in [7, 11) is 0. The summed E-state index contributed by atoms with van der Waals surface area (Å²) in [6, 6.07) is 4.51. The van der Waals surface area contributed by atoms with Crippen LogP contribution in [0.25, 0.3) is 17.5 Å². The summed E-state index contributed by atoms with van der Waals surface area (Å²) in [5.41, 5.74) is 0.772. The van der Waals surface area contributed by atoms with Crippen LogP contribution in [0.3, 0.4) is 0 Å². The van der Waals surface area contributed by atoms with Crippen molar-refractivity contribution >= 4 is 6.08 Å². The Morgan fingerprint density at radius 2 is 1.47 bits per heavy atom. The number of allylic oxidation sites excluding steroid dienone is 2. The lowest BCUT2D eigenvalue weighted by Gasteiger charge is -2.26. The fraction of sp³-hybridized carbons (Fsp3) is 0.310. The Balaban J connectivity index is 1.41. The van der Waals surface area contributed by atoms with E-state index in [4.69, 9.17) is 0 Å². The number of nitrogens with zero attached hydrogens (tertiary/aromatic N) is 2. The van der Waals surface area contributed by atoms with Gasteiger partial charge in [-0.15, -0.1) is 6.58 Å². The van der Waals surface area contributed by atoms with Gasteiger partial charge in [-0.05, 0) is 85.8 Å². The van der Waals surface area contributed by atoms with Crippen molar-refractivity contribution in [3.8, 4) is 11.4 Å². The third kappa shape index (κ3) is 5.89. The fourth-order valence-corrected chi connectivity index (χ4v) is 4.64. The summed E-state index contributed by atoms with van der Waals surface area (Å²) in [6.07, 6.45) is 13.0. The minimum Gasteiger partial charge on any atom is -0.246 e. The molecule has 1 aromatic heterocycles. The zero-order chi connectivity index (χ0) is 25.7. The normalized spacial score (nSPS) is 18.0. The molecular formula is C29H27F5N2. The Morgan fingerprint density at radius 1 is 0.861 bits per heavy atom. The molecule has 0 bridgehead atoms. The summed E-state index contributed by atoms with van der Waals surface area (Å²) in [6.45, 7) is 2.64. The van der Waals surface area contributed by atoms with Gasteiger partial charge < -0.3 is 0 Å². The number of alkyl halides is 1. The third-order valence-corrected chi connectivity index (χ3v) is 6.80. The van der Waals surface area contributed by atoms with Crippen LogP contribution in [0.4, 0.5) is 22.0 Å². The molecular weight excluding hydrogens is 471 g/mol. The van der Waals surface area contributed by atoms with Gasteiger partial charge in [-0.3, -0.25) is 0 Å². The van der Waals surface area contributed by atoms with Gasteiger partial charge in [-0.25, -0.2) is 31.9 Å². The van der Waals surface area contributed by atoms with Crippen molar-refractivity contribution in [2.24, 2.45) is 5.92 Å². The topological polar surface area (TPSA) is 25.8 Å². The van der Waals surface area contributed by atoms with E-state index >= 15 is 0 Å². The molecule has 0 atom stereocenters. The summed E-state index contributed by atoms with van der Waals surface area (Å²) in [5.74, 6) is -2.24. The predicted molar refractivity (Wildman–Crippen MR) is 131 cm³/mol. The Labute approximate surface area is 207 Å². The molecule has 1 saturated carbocycles. The minimum atomic E-state index is -1.22. The number of aryl methyl sites for hydroxylation is 1. The van der Waals surface area contributed by atoms with E-state index in [0.29, 0.717) is 17.4 Å². The lowest BCUT2D eigenvalue weighted by molar-refractivity contribution is 0.375. The maximum absolute atomic E-state index is 14.7. The van der Waals surface area contributed by atoms with E-state index in [1.807, 2.05) is 6.08 Å². The summed E-state index contributed by atoms with van der Waals surface area (Å²) in [5, 5.41) is 0. The zero-order valence-electron chi connectivity index (χ0n) is 19.8. The summed E-state index contributed by atoms with van der Waals surface area (Å²) < 4.78 is 69.4. The van der Waals surface area contributed by atoms with Crippen molar-refractivity contribution < 1.29 is 22.0 Å². The molecule has 0 spiro atoms. The van der Waals surface area contributed by atoms with Crippen molar-refractivity contribution in [1.82, 2.24) is 9.97 Å². The molecule has 0 aliphatic heterocycles. The standard InChI is InChI=1S/C29H27F5N2/c1-2-18-7-9-20(10-8-18)22-16-35-29(36-17-22)21-13-27(33)23(28(34)14-21)6-4-3-5-19-11-25(31)24(15-30)26(32)12-19/h2,4,6,11-14,16-18,20H,1,3,5,7-10,15H2/b6-4+. The molecule has 1 heterocycles. The highest BCUT2D eigenvalue weighted by molar-refractivity contribution is 5.61. The highest BCUT2D eigenvalue weighted by Gasteiger charge is 2.21. The Hall–Kier alpha value is -3.35. The van der Waals surface area contributed by atoms with E-state index in [9.17, 15) is 22.0 Å². The largest absolute Gasteiger partial charge is 0.246 e. The van der Waals surface area contributed by atoms with Gasteiger partial charge in [0.05, 0.1) is 5.56 Å². The highest BCUT2D eigenvalue weighted by Crippen LogP contribution is 2.36. The molecule has 1 aliphatic rings. The van der Waals surface area contributed by atoms with Crippen molar-refractivity contribution in [2.45, 2.75) is 51.1 Å². The van der Waals surface area contributed by atoms with Crippen LogP contribution in [0.5, 0.6) is 0 Å². The molecule has 0 radical (unpaired) electrons. The highest BCUT2D eigenvalue weighted by atomic mass is 19.2. The Bertz CT molecular complexity index is 1200. The Morgan fingerprint density at radius 3 is 2.03 bits per heavy atom. The third-order valence-electron chi connectivity index (χ3n) is 6.80. The van der Waals surface area contributed by atoms with Gasteiger partial charge in [-0.1, -0.05) is 18.2 Å². The van der Waals surface area contributed by atoms with Crippen LogP contribution in [0.15, 0.2) is 55.4 Å². The van der Waals surface area contributed by atoms with Crippen LogP contribution < -0.4 is 0 Å². The van der Waals surface area contributed by atoms with E-state index in [1.165, 1.54) is 24.3 Å². The van der Waals surface area contributed by atoms with Crippen LogP contribution in [-0.4, -0.2) is 9.97 Å². The van der Waals surface area contributed by atoms with E-state index in [1.54, 1.807) is 12.4 Å². The fourth-order valence-electron chi connectivity index (χ4n) is 4.64. The van der Waals surface area contributed by atoms with E-state index in [0.717, 1.165) is 43.4 Å². The number of benzene rings is 2. The number of hydrogen-bond acceptors (Lipinski definition) is 2. The zero-order valence-corrected chi connectivity index (χ0v) is 19.8. The van der Waals surface area contributed by atoms with Gasteiger partial charge in [0.1, 0.15) is 29.9 Å². The summed E-state index contributed by atoms with van der Waals surface area (Å²) in [4.78, 5) is 8.69. The van der Waals surface area contributed by atoms with E-state index < -0.39 is 35.5 Å². The van der Waals surface area contributed by atoms with Crippen LogP contribution in [-0.2, 0) is 13.1 Å². The van der Waals surface area contributed by atoms with Gasteiger partial charge in [0.2, 0.25) is 0 Å². The molecule has 36 heavy (non-hydrogen) atoms. The average Bonchev–Trinajstić information content (AvgIpc) is 2.88. The molecule has 0 amide bonds. The maximum atomic E-state index is 14.7. The molecule has 0 unspecified atom stereocenters. The van der Waals surface area contributed by atoms with Crippen LogP contribution in [0.2, 0.25) is 0 Å². The van der Waals surface area contributed by atoms with Gasteiger partial charge in [0.15, 0.2) is 5.82 Å². The number of halogens is 5. The number of hydrogen-bond donors (Lipinski definition) is 0. The SMILES string of the molecule is C=CC1CCC(c2cnc(-c3cc(F)c(/C=C/CCc4cc(F)c(CF)c(F)c4)c(F)c3)nc2)CC1. The molecule has 2 nitrogen and oxygen atoms in total. The van der Waals surface area contributed by atoms with Crippen LogP contribution in [0, 0.1) is 29.2 Å². The van der Waals surface area contributed by atoms with E-state index in [-0.39, 0.29) is 29.8 Å². The molecule has 7 heteroatoms. The van der Waals surface area contributed by atoms with Crippen molar-refractivity contribution in [1.29, 1.82) is 0 Å². The number of aromatic nitrogens is 2. The first kappa shape index (κ1) is 25.7. The first-order chi connectivity index (χ1) is 17.4. The quantitative estimate of drug-likeness (QED) is 0.231. The second-order valence-electron chi connectivity index (χ2n) is 9.15. The van der Waals surface area contributed by atoms with Gasteiger partial charge in [-0.2, -0.15) is 0 Å². The summed E-state index contributed by atoms with van der Waals surface area (Å²) >= 11 is 0. The average molecular weight is 499 g/mol. The van der Waals surface area contributed by atoms with Gasteiger partial charge in [0.25, 0.3) is 0 Å². The molecule has 188 valence electrons. The van der Waals surface area contributed by atoms with Gasteiger partial charge >= 0.3 is 0 Å². The predicted octanol–water partition coefficient (Wildman–Crippen LogP) is 8.28. The van der Waals surface area contributed by atoms with Crippen molar-refractivity contribution in [3.63, 3.8) is 0 Å². The molecule has 2 aromatic carbocycles. The molecule has 1 fully saturated rings. The van der Waals surface area contributed by atoms with Gasteiger partial charge in [0, 0.05) is 23.5 Å². The van der Waals surface area contributed by atoms with Crippen LogP contribution in [0.1, 0.15) is 60.3 Å². The maximum Gasteiger partial charge on any atom is 0.159 e. The smallest absolute Gasteiger partial charge is 0.159 e. The molecule has 3 aromatic rings. The first-order valence-corrected chi connectivity index (χ1v) is 12.0. The lowest BCUT2D eigenvalue weighted by atomic mass is 9.79.